The fourth-order valence-electron chi connectivity index (χ4n) is 3.55. The van der Waals surface area contributed by atoms with Gasteiger partial charge in [0.15, 0.2) is 5.69 Å². The lowest BCUT2D eigenvalue weighted by Gasteiger charge is -2.18. The van der Waals surface area contributed by atoms with E-state index in [2.05, 4.69) is 5.10 Å². The fourth-order valence-corrected chi connectivity index (χ4v) is 3.55. The number of benzene rings is 2. The van der Waals surface area contributed by atoms with Crippen molar-refractivity contribution >= 4 is 17.5 Å². The van der Waals surface area contributed by atoms with E-state index in [4.69, 9.17) is 0 Å². The summed E-state index contributed by atoms with van der Waals surface area (Å²) in [5.74, 6) is -1.08. The molecule has 1 aliphatic rings. The quantitative estimate of drug-likeness (QED) is 0.411. The lowest BCUT2D eigenvalue weighted by Crippen LogP contribution is -2.30. The molecule has 2 heterocycles. The first-order valence-corrected chi connectivity index (χ1v) is 9.17. The van der Waals surface area contributed by atoms with Crippen molar-refractivity contribution in [2.75, 3.05) is 4.90 Å². The van der Waals surface area contributed by atoms with Gasteiger partial charge in [-0.2, -0.15) is 31.4 Å². The second kappa shape index (κ2) is 7.21. The number of aryl methyl sites for hydroxylation is 1. The number of nitrogens with zero attached hydrogens (tertiary/aromatic N) is 3. The standard InChI is InChI=1S/C21H13F6N3O2/c1-11-8-12(10-29-17(21(25,26)27)9-16(28-29)20(22,23)24)6-7-15(11)30-18(31)13-4-2-3-5-14(13)19(30)32/h2-9H,10H2,1H3. The van der Waals surface area contributed by atoms with E-state index in [0.717, 1.165) is 4.90 Å². The SMILES string of the molecule is Cc1cc(Cn2nc(C(F)(F)F)cc2C(F)(F)F)ccc1N1C(=O)c2ccccc2C1=O. The van der Waals surface area contributed by atoms with Crippen LogP contribution < -0.4 is 4.90 Å². The van der Waals surface area contributed by atoms with E-state index < -0.39 is 42.1 Å². The van der Waals surface area contributed by atoms with Gasteiger partial charge >= 0.3 is 12.4 Å². The molecule has 2 amide bonds. The fraction of sp³-hybridized carbons (Fsp3) is 0.190. The van der Waals surface area contributed by atoms with Gasteiger partial charge in [-0.05, 0) is 36.2 Å². The van der Waals surface area contributed by atoms with Crippen LogP contribution >= 0.6 is 0 Å². The minimum atomic E-state index is -5.04. The van der Waals surface area contributed by atoms with Gasteiger partial charge in [0.2, 0.25) is 0 Å². The number of rotatable bonds is 3. The summed E-state index contributed by atoms with van der Waals surface area (Å²) in [6.07, 6.45) is -10.1. The first kappa shape index (κ1) is 21.6. The van der Waals surface area contributed by atoms with Gasteiger partial charge in [-0.15, -0.1) is 0 Å². The van der Waals surface area contributed by atoms with E-state index in [1.165, 1.54) is 37.3 Å². The number of amides is 2. The van der Waals surface area contributed by atoms with Crippen LogP contribution in [0.1, 0.15) is 43.2 Å². The molecule has 1 aromatic heterocycles. The van der Waals surface area contributed by atoms with Gasteiger partial charge in [0.1, 0.15) is 5.69 Å². The van der Waals surface area contributed by atoms with Crippen LogP contribution in [0.4, 0.5) is 32.0 Å². The number of carbonyl (C=O) groups is 2. The largest absolute Gasteiger partial charge is 0.435 e. The molecule has 0 spiro atoms. The van der Waals surface area contributed by atoms with Crippen molar-refractivity contribution in [3.8, 4) is 0 Å². The number of imide groups is 1. The summed E-state index contributed by atoms with van der Waals surface area (Å²) in [6, 6.07) is 10.3. The van der Waals surface area contributed by atoms with Crippen LogP contribution in [0, 0.1) is 6.92 Å². The Morgan fingerprint density at radius 3 is 1.94 bits per heavy atom. The summed E-state index contributed by atoms with van der Waals surface area (Å²) >= 11 is 0. The van der Waals surface area contributed by atoms with Crippen molar-refractivity contribution in [2.45, 2.75) is 25.8 Å². The van der Waals surface area contributed by atoms with Gasteiger partial charge in [0, 0.05) is 6.07 Å². The van der Waals surface area contributed by atoms with Crippen LogP contribution in [-0.4, -0.2) is 21.6 Å². The molecule has 2 aromatic carbocycles. The van der Waals surface area contributed by atoms with Gasteiger partial charge in [0.25, 0.3) is 11.8 Å². The van der Waals surface area contributed by atoms with Crippen molar-refractivity contribution in [1.29, 1.82) is 0 Å². The van der Waals surface area contributed by atoms with Crippen LogP contribution in [-0.2, 0) is 18.9 Å². The van der Waals surface area contributed by atoms with Crippen molar-refractivity contribution < 1.29 is 35.9 Å². The lowest BCUT2D eigenvalue weighted by atomic mass is 10.1. The number of fused-ring (bicyclic) bond motifs is 1. The van der Waals surface area contributed by atoms with Crippen molar-refractivity contribution in [3.63, 3.8) is 0 Å². The number of anilines is 1. The molecule has 0 atom stereocenters. The second-order valence-electron chi connectivity index (χ2n) is 7.18. The minimum Gasteiger partial charge on any atom is -0.268 e. The van der Waals surface area contributed by atoms with Gasteiger partial charge in [-0.3, -0.25) is 14.3 Å². The molecule has 0 radical (unpaired) electrons. The molecule has 0 saturated heterocycles. The Balaban J connectivity index is 1.67. The molecular formula is C21H13F6N3O2. The summed E-state index contributed by atoms with van der Waals surface area (Å²) < 4.78 is 78.5. The van der Waals surface area contributed by atoms with Crippen LogP contribution in [0.3, 0.4) is 0 Å². The van der Waals surface area contributed by atoms with Gasteiger partial charge in [-0.1, -0.05) is 24.3 Å². The van der Waals surface area contributed by atoms with Crippen molar-refractivity contribution in [3.05, 3.63) is 82.2 Å². The maximum absolute atomic E-state index is 13.2. The molecule has 4 rings (SSSR count). The lowest BCUT2D eigenvalue weighted by molar-refractivity contribution is -0.144. The van der Waals surface area contributed by atoms with E-state index in [0.29, 0.717) is 5.56 Å². The Labute approximate surface area is 176 Å². The molecule has 3 aromatic rings. The zero-order chi connectivity index (χ0) is 23.4. The van der Waals surface area contributed by atoms with Crippen molar-refractivity contribution in [2.24, 2.45) is 0 Å². The van der Waals surface area contributed by atoms with E-state index in [1.807, 2.05) is 0 Å². The Bertz CT molecular complexity index is 1210. The smallest absolute Gasteiger partial charge is 0.268 e. The second-order valence-corrected chi connectivity index (χ2v) is 7.18. The Morgan fingerprint density at radius 2 is 1.44 bits per heavy atom. The molecular weight excluding hydrogens is 440 g/mol. The van der Waals surface area contributed by atoms with Crippen LogP contribution in [0.25, 0.3) is 0 Å². The number of halogens is 6. The normalized spacial score (nSPS) is 14.3. The Kier molecular flexibility index (Phi) is 4.87. The number of carbonyl (C=O) groups excluding carboxylic acids is 2. The summed E-state index contributed by atoms with van der Waals surface area (Å²) in [5.41, 5.74) is -1.90. The van der Waals surface area contributed by atoms with E-state index in [1.54, 1.807) is 12.1 Å². The van der Waals surface area contributed by atoms with Crippen LogP contribution in [0.5, 0.6) is 0 Å². The molecule has 0 aliphatic carbocycles. The Hall–Kier alpha value is -3.63. The highest BCUT2D eigenvalue weighted by atomic mass is 19.4. The van der Waals surface area contributed by atoms with Gasteiger partial charge in [-0.25, -0.2) is 4.90 Å². The molecule has 1 aliphatic heterocycles. The molecule has 11 heteroatoms. The molecule has 166 valence electrons. The number of aromatic nitrogens is 2. The predicted molar refractivity (Wildman–Crippen MR) is 100 cm³/mol. The van der Waals surface area contributed by atoms with Crippen LogP contribution in [0.2, 0.25) is 0 Å². The summed E-state index contributed by atoms with van der Waals surface area (Å²) in [6.45, 7) is 0.950. The Morgan fingerprint density at radius 1 is 0.844 bits per heavy atom. The third-order valence-electron chi connectivity index (χ3n) is 4.99. The van der Waals surface area contributed by atoms with E-state index in [9.17, 15) is 35.9 Å². The zero-order valence-electron chi connectivity index (χ0n) is 16.3. The van der Waals surface area contributed by atoms with E-state index in [-0.39, 0.29) is 33.1 Å². The average Bonchev–Trinajstić information content (AvgIpc) is 3.23. The molecule has 0 unspecified atom stereocenters. The predicted octanol–water partition coefficient (Wildman–Crippen LogP) is 5.08. The highest BCUT2D eigenvalue weighted by molar-refractivity contribution is 6.34. The third-order valence-corrected chi connectivity index (χ3v) is 4.99. The molecule has 0 bridgehead atoms. The molecule has 32 heavy (non-hydrogen) atoms. The van der Waals surface area contributed by atoms with Gasteiger partial charge in [0.05, 0.1) is 23.4 Å². The topological polar surface area (TPSA) is 55.2 Å². The minimum absolute atomic E-state index is 0.0417. The number of alkyl halides is 6. The third kappa shape index (κ3) is 3.63. The monoisotopic (exact) mass is 453 g/mol. The molecule has 0 saturated carbocycles. The molecule has 0 fully saturated rings. The van der Waals surface area contributed by atoms with E-state index >= 15 is 0 Å². The first-order chi connectivity index (χ1) is 14.9. The van der Waals surface area contributed by atoms with Crippen molar-refractivity contribution in [1.82, 2.24) is 9.78 Å². The number of hydrogen-bond acceptors (Lipinski definition) is 3. The summed E-state index contributed by atoms with van der Waals surface area (Å²) in [7, 11) is 0. The maximum atomic E-state index is 13.2. The molecule has 0 N–H and O–H groups in total. The first-order valence-electron chi connectivity index (χ1n) is 9.17. The average molecular weight is 453 g/mol. The highest BCUT2D eigenvalue weighted by Crippen LogP contribution is 2.36. The summed E-state index contributed by atoms with van der Waals surface area (Å²) in [5, 5.41) is 3.08. The zero-order valence-corrected chi connectivity index (χ0v) is 16.3. The maximum Gasteiger partial charge on any atom is 0.435 e. The molecule has 5 nitrogen and oxygen atoms in total. The highest BCUT2D eigenvalue weighted by Gasteiger charge is 2.42. The van der Waals surface area contributed by atoms with Gasteiger partial charge < -0.3 is 0 Å². The van der Waals surface area contributed by atoms with Crippen LogP contribution in [0.15, 0.2) is 48.5 Å². The summed E-state index contributed by atoms with van der Waals surface area (Å²) in [4.78, 5) is 26.3. The number of hydrogen-bond donors (Lipinski definition) is 0.